The van der Waals surface area contributed by atoms with Gasteiger partial charge < -0.3 is 30.1 Å². The molecule has 0 bridgehead atoms. The van der Waals surface area contributed by atoms with E-state index < -0.39 is 0 Å². The maximum Gasteiger partial charge on any atom is 0.257 e. The summed E-state index contributed by atoms with van der Waals surface area (Å²) in [6, 6.07) is 11.3. The average Bonchev–Trinajstić information content (AvgIpc) is 2.94. The van der Waals surface area contributed by atoms with Gasteiger partial charge in [-0.05, 0) is 37.4 Å². The monoisotopic (exact) mass is 479 g/mol. The zero-order valence-corrected chi connectivity index (χ0v) is 20.1. The Kier molecular flexibility index (Phi) is 5.89. The summed E-state index contributed by atoms with van der Waals surface area (Å²) in [7, 11) is 5.65. The molecule has 2 N–H and O–H groups in total. The van der Waals surface area contributed by atoms with Crippen molar-refractivity contribution in [3.05, 3.63) is 53.2 Å². The van der Waals surface area contributed by atoms with E-state index in [1.165, 1.54) is 0 Å². The molecule has 0 unspecified atom stereocenters. The zero-order chi connectivity index (χ0) is 23.8. The molecule has 1 saturated heterocycles. The molecule has 2 aliphatic rings. The van der Waals surface area contributed by atoms with Gasteiger partial charge >= 0.3 is 0 Å². The number of hydrogen-bond donors (Lipinski definition) is 2. The summed E-state index contributed by atoms with van der Waals surface area (Å²) in [6.45, 7) is 4.02. The molecule has 5 rings (SSSR count). The molecule has 0 radical (unpaired) electrons. The Labute approximate surface area is 203 Å². The van der Waals surface area contributed by atoms with Gasteiger partial charge in [0.05, 0.1) is 30.2 Å². The Hall–Kier alpha value is -3.56. The Balaban J connectivity index is 1.43. The second-order valence-corrected chi connectivity index (χ2v) is 8.84. The molecule has 3 heterocycles. The molecule has 34 heavy (non-hydrogen) atoms. The minimum absolute atomic E-state index is 0.256. The van der Waals surface area contributed by atoms with Crippen molar-refractivity contribution in [1.29, 1.82) is 0 Å². The lowest BCUT2D eigenvalue weighted by molar-refractivity contribution is 0.102. The van der Waals surface area contributed by atoms with Crippen molar-refractivity contribution in [2.24, 2.45) is 0 Å². The normalized spacial score (nSPS) is 15.8. The van der Waals surface area contributed by atoms with Crippen molar-refractivity contribution in [2.75, 3.05) is 67.8 Å². The van der Waals surface area contributed by atoms with Gasteiger partial charge in [0.25, 0.3) is 5.91 Å². The number of likely N-dealkylation sites (N-methyl/N-ethyl adjacent to an activating group) is 1. The molecule has 3 aromatic rings. The largest absolute Gasteiger partial charge is 0.494 e. The van der Waals surface area contributed by atoms with Gasteiger partial charge in [-0.25, -0.2) is 4.98 Å². The molecule has 2 aromatic carbocycles. The van der Waals surface area contributed by atoms with E-state index in [1.807, 2.05) is 30.1 Å². The van der Waals surface area contributed by atoms with E-state index in [4.69, 9.17) is 16.3 Å². The number of ether oxygens (including phenoxy) is 1. The summed E-state index contributed by atoms with van der Waals surface area (Å²) in [5, 5.41) is 6.63. The minimum atomic E-state index is -0.256. The van der Waals surface area contributed by atoms with Gasteiger partial charge in [0.15, 0.2) is 5.82 Å². The minimum Gasteiger partial charge on any atom is -0.494 e. The molecule has 1 fully saturated rings. The number of anilines is 6. The number of methoxy groups -OCH3 is 1. The number of hydrogen-bond acceptors (Lipinski definition) is 8. The van der Waals surface area contributed by atoms with Crippen molar-refractivity contribution < 1.29 is 9.53 Å². The summed E-state index contributed by atoms with van der Waals surface area (Å²) in [5.41, 5.74) is 3.58. The van der Waals surface area contributed by atoms with Crippen LogP contribution in [-0.2, 0) is 0 Å². The number of nitrogens with one attached hydrogen (secondary N) is 2. The van der Waals surface area contributed by atoms with Crippen LogP contribution in [0.2, 0.25) is 5.02 Å². The van der Waals surface area contributed by atoms with Gasteiger partial charge in [-0.15, -0.1) is 0 Å². The van der Waals surface area contributed by atoms with Crippen molar-refractivity contribution >= 4 is 52.0 Å². The fourth-order valence-corrected chi connectivity index (χ4v) is 4.40. The molecule has 0 aliphatic carbocycles. The van der Waals surface area contributed by atoms with Gasteiger partial charge in [0.1, 0.15) is 11.4 Å². The lowest BCUT2D eigenvalue weighted by Crippen LogP contribution is -2.44. The fraction of sp³-hybridized carbons (Fsp3) is 0.292. The van der Waals surface area contributed by atoms with Crippen LogP contribution < -0.4 is 25.2 Å². The van der Waals surface area contributed by atoms with Crippen LogP contribution in [0.15, 0.2) is 42.6 Å². The van der Waals surface area contributed by atoms with Crippen molar-refractivity contribution in [2.45, 2.75) is 0 Å². The Morgan fingerprint density at radius 1 is 1.09 bits per heavy atom. The summed E-state index contributed by atoms with van der Waals surface area (Å²) in [6.07, 6.45) is 1.59. The maximum absolute atomic E-state index is 12.7. The quantitative estimate of drug-likeness (QED) is 0.581. The first-order valence-corrected chi connectivity index (χ1v) is 11.4. The van der Waals surface area contributed by atoms with Crippen LogP contribution in [0.25, 0.3) is 0 Å². The van der Waals surface area contributed by atoms with E-state index in [2.05, 4.69) is 43.5 Å². The van der Waals surface area contributed by atoms with Gasteiger partial charge in [-0.3, -0.25) is 4.79 Å². The second kappa shape index (κ2) is 9.00. The first kappa shape index (κ1) is 22.2. The Morgan fingerprint density at radius 2 is 1.88 bits per heavy atom. The van der Waals surface area contributed by atoms with E-state index in [-0.39, 0.29) is 5.91 Å². The summed E-state index contributed by atoms with van der Waals surface area (Å²) >= 11 is 6.11. The van der Waals surface area contributed by atoms with E-state index >= 15 is 0 Å². The number of rotatable bonds is 4. The number of fused-ring (bicyclic) bond motifs is 2. The molecule has 10 heteroatoms. The van der Waals surface area contributed by atoms with Crippen molar-refractivity contribution in [3.8, 4) is 5.75 Å². The first-order chi connectivity index (χ1) is 16.4. The third-order valence-corrected chi connectivity index (χ3v) is 6.43. The lowest BCUT2D eigenvalue weighted by Gasteiger charge is -2.34. The maximum atomic E-state index is 12.7. The fourth-order valence-electron chi connectivity index (χ4n) is 4.23. The smallest absolute Gasteiger partial charge is 0.257 e. The van der Waals surface area contributed by atoms with Crippen LogP contribution in [0.5, 0.6) is 5.75 Å². The molecular formula is C24H26ClN7O2. The van der Waals surface area contributed by atoms with Crippen LogP contribution in [0.3, 0.4) is 0 Å². The van der Waals surface area contributed by atoms with Crippen LogP contribution in [-0.4, -0.2) is 68.2 Å². The summed E-state index contributed by atoms with van der Waals surface area (Å²) in [4.78, 5) is 28.3. The Morgan fingerprint density at radius 3 is 2.65 bits per heavy atom. The number of amides is 1. The van der Waals surface area contributed by atoms with Crippen LogP contribution in [0.1, 0.15) is 10.4 Å². The molecule has 0 spiro atoms. The Bertz CT molecular complexity index is 1240. The molecule has 176 valence electrons. The summed E-state index contributed by atoms with van der Waals surface area (Å²) in [5.74, 6) is 1.41. The summed E-state index contributed by atoms with van der Waals surface area (Å²) < 4.78 is 5.66. The highest BCUT2D eigenvalue weighted by atomic mass is 35.5. The topological polar surface area (TPSA) is 85.9 Å². The van der Waals surface area contributed by atoms with Crippen LogP contribution in [0.4, 0.5) is 34.5 Å². The number of benzene rings is 2. The number of carbonyl (C=O) groups excluding carboxylic acids is 1. The van der Waals surface area contributed by atoms with Crippen LogP contribution >= 0.6 is 11.6 Å². The van der Waals surface area contributed by atoms with Gasteiger partial charge in [0.2, 0.25) is 5.95 Å². The SMILES string of the molecule is COc1cc(N2CCN(C)CC2)ccc1Nc1ncc2c(n1)N(C)c1ccc(Cl)cc1C(=O)N2. The predicted octanol–water partition coefficient (Wildman–Crippen LogP) is 3.97. The van der Waals surface area contributed by atoms with E-state index in [0.29, 0.717) is 39.5 Å². The molecular weight excluding hydrogens is 454 g/mol. The van der Waals surface area contributed by atoms with Crippen molar-refractivity contribution in [1.82, 2.24) is 14.9 Å². The van der Waals surface area contributed by atoms with Gasteiger partial charge in [0, 0.05) is 50.0 Å². The molecule has 9 nitrogen and oxygen atoms in total. The number of aromatic nitrogens is 2. The van der Waals surface area contributed by atoms with E-state index in [1.54, 1.807) is 25.4 Å². The molecule has 1 aromatic heterocycles. The highest BCUT2D eigenvalue weighted by Gasteiger charge is 2.25. The highest BCUT2D eigenvalue weighted by Crippen LogP contribution is 2.37. The molecule has 1 amide bonds. The molecule has 2 aliphatic heterocycles. The predicted molar refractivity (Wildman–Crippen MR) is 135 cm³/mol. The highest BCUT2D eigenvalue weighted by molar-refractivity contribution is 6.31. The number of piperazine rings is 1. The van der Waals surface area contributed by atoms with Gasteiger partial charge in [-0.2, -0.15) is 4.98 Å². The second-order valence-electron chi connectivity index (χ2n) is 8.41. The number of halogens is 1. The number of carbonyl (C=O) groups is 1. The standard InChI is InChI=1S/C24H26ClN7O2/c1-30-8-10-32(11-9-30)16-5-6-18(21(13-16)34-3)28-24-26-14-19-22(29-24)31(2)20-7-4-15(25)12-17(20)23(33)27-19/h4-7,12-14H,8-11H2,1-3H3,(H,27,33)(H,26,28,29). The van der Waals surface area contributed by atoms with E-state index in [9.17, 15) is 4.79 Å². The first-order valence-electron chi connectivity index (χ1n) is 11.0. The third-order valence-electron chi connectivity index (χ3n) is 6.20. The molecule has 0 atom stereocenters. The lowest BCUT2D eigenvalue weighted by atomic mass is 10.1. The van der Waals surface area contributed by atoms with Crippen LogP contribution in [0, 0.1) is 0 Å². The zero-order valence-electron chi connectivity index (χ0n) is 19.3. The molecule has 0 saturated carbocycles. The third kappa shape index (κ3) is 4.20. The van der Waals surface area contributed by atoms with E-state index in [0.717, 1.165) is 37.6 Å². The van der Waals surface area contributed by atoms with Crippen molar-refractivity contribution in [3.63, 3.8) is 0 Å². The number of nitrogens with zero attached hydrogens (tertiary/aromatic N) is 5. The van der Waals surface area contributed by atoms with Gasteiger partial charge in [-0.1, -0.05) is 11.6 Å². The average molecular weight is 480 g/mol.